The summed E-state index contributed by atoms with van der Waals surface area (Å²) in [4.78, 5) is 0. The lowest BCUT2D eigenvalue weighted by Gasteiger charge is -1.87. The van der Waals surface area contributed by atoms with E-state index >= 15 is 0 Å². The third-order valence-corrected chi connectivity index (χ3v) is 0.844. The van der Waals surface area contributed by atoms with Gasteiger partial charge >= 0.3 is 0 Å². The van der Waals surface area contributed by atoms with E-state index in [2.05, 4.69) is 15.5 Å². The fourth-order valence-corrected chi connectivity index (χ4v) is 0.447. The van der Waals surface area contributed by atoms with E-state index in [0.717, 1.165) is 0 Å². The Morgan fingerprint density at radius 2 is 2.56 bits per heavy atom. The van der Waals surface area contributed by atoms with Crippen molar-refractivity contribution >= 4 is 0 Å². The van der Waals surface area contributed by atoms with Crippen molar-refractivity contribution in [3.05, 3.63) is 6.33 Å². The lowest BCUT2D eigenvalue weighted by molar-refractivity contribution is 0.599. The van der Waals surface area contributed by atoms with E-state index in [9.17, 15) is 0 Å². The van der Waals surface area contributed by atoms with Crippen molar-refractivity contribution in [2.24, 2.45) is 0 Å². The van der Waals surface area contributed by atoms with Gasteiger partial charge in [-0.05, 0) is 10.4 Å². The summed E-state index contributed by atoms with van der Waals surface area (Å²) in [5.74, 6) is 0. The molecule has 5 nitrogen and oxygen atoms in total. The summed E-state index contributed by atoms with van der Waals surface area (Å²) < 4.78 is 1.52. The highest BCUT2D eigenvalue weighted by atomic mass is 15.5. The third kappa shape index (κ3) is 1.49. The molecule has 0 aliphatic heterocycles. The second-order valence-electron chi connectivity index (χ2n) is 1.48. The second-order valence-corrected chi connectivity index (χ2v) is 1.48. The van der Waals surface area contributed by atoms with Crippen LogP contribution < -0.4 is 0 Å². The van der Waals surface area contributed by atoms with Crippen molar-refractivity contribution in [1.29, 1.82) is 5.26 Å². The summed E-state index contributed by atoms with van der Waals surface area (Å²) >= 11 is 0. The summed E-state index contributed by atoms with van der Waals surface area (Å²) in [6, 6.07) is 1.99. The van der Waals surface area contributed by atoms with Gasteiger partial charge in [-0.3, -0.25) is 0 Å². The summed E-state index contributed by atoms with van der Waals surface area (Å²) in [7, 11) is 0. The molecule has 0 amide bonds. The van der Waals surface area contributed by atoms with Crippen LogP contribution in [0.25, 0.3) is 0 Å². The fourth-order valence-electron chi connectivity index (χ4n) is 0.447. The highest BCUT2D eigenvalue weighted by Gasteiger charge is 1.88. The zero-order valence-electron chi connectivity index (χ0n) is 4.73. The number of nitriles is 1. The predicted molar refractivity (Wildman–Crippen MR) is 28.0 cm³/mol. The van der Waals surface area contributed by atoms with Gasteiger partial charge in [0.2, 0.25) is 0 Å². The average molecular weight is 123 g/mol. The lowest BCUT2D eigenvalue weighted by Crippen LogP contribution is -1.97. The molecular weight excluding hydrogens is 118 g/mol. The first-order valence-electron chi connectivity index (χ1n) is 2.51. The van der Waals surface area contributed by atoms with Gasteiger partial charge in [0.05, 0.1) is 19.0 Å². The van der Waals surface area contributed by atoms with Crippen molar-refractivity contribution in [3.8, 4) is 6.07 Å². The van der Waals surface area contributed by atoms with Crippen LogP contribution >= 0.6 is 0 Å². The van der Waals surface area contributed by atoms with Crippen LogP contribution in [0.15, 0.2) is 6.33 Å². The first-order valence-corrected chi connectivity index (χ1v) is 2.51. The van der Waals surface area contributed by atoms with E-state index in [4.69, 9.17) is 5.26 Å². The van der Waals surface area contributed by atoms with Crippen LogP contribution in [0, 0.1) is 11.3 Å². The molecule has 0 N–H and O–H groups in total. The lowest BCUT2D eigenvalue weighted by atomic mass is 10.5. The number of tetrazole rings is 1. The molecule has 0 unspecified atom stereocenters. The second kappa shape index (κ2) is 2.77. The molecule has 0 aromatic carbocycles. The number of hydrogen-bond donors (Lipinski definition) is 0. The molecule has 0 bridgehead atoms. The minimum absolute atomic E-state index is 0.449. The van der Waals surface area contributed by atoms with Crippen LogP contribution in [-0.4, -0.2) is 20.2 Å². The number of hydrogen-bond acceptors (Lipinski definition) is 4. The Kier molecular flexibility index (Phi) is 1.75. The Morgan fingerprint density at radius 3 is 3.11 bits per heavy atom. The van der Waals surface area contributed by atoms with Gasteiger partial charge in [0.1, 0.15) is 6.33 Å². The standard InChI is InChI=1S/C4H5N5/c5-2-1-3-9-4-6-7-8-9/h4H,1,3H2. The van der Waals surface area contributed by atoms with E-state index in [1.54, 1.807) is 0 Å². The molecule has 1 heterocycles. The maximum absolute atomic E-state index is 8.13. The largest absolute Gasteiger partial charge is 0.231 e. The number of aromatic nitrogens is 4. The molecule has 1 aromatic heterocycles. The van der Waals surface area contributed by atoms with Crippen molar-refractivity contribution < 1.29 is 0 Å². The number of nitrogens with zero attached hydrogens (tertiary/aromatic N) is 5. The van der Waals surface area contributed by atoms with E-state index in [1.807, 2.05) is 6.07 Å². The monoisotopic (exact) mass is 123 g/mol. The van der Waals surface area contributed by atoms with E-state index < -0.39 is 0 Å². The van der Waals surface area contributed by atoms with E-state index in [0.29, 0.717) is 13.0 Å². The first-order chi connectivity index (χ1) is 4.43. The minimum atomic E-state index is 0.449. The molecule has 1 aromatic rings. The highest BCUT2D eigenvalue weighted by molar-refractivity contribution is 4.67. The summed E-state index contributed by atoms with van der Waals surface area (Å²) in [6.07, 6.45) is 1.93. The van der Waals surface area contributed by atoms with Gasteiger partial charge < -0.3 is 0 Å². The molecule has 0 atom stereocenters. The molecule has 0 aliphatic rings. The zero-order chi connectivity index (χ0) is 6.53. The van der Waals surface area contributed by atoms with Crippen LogP contribution in [0.5, 0.6) is 0 Å². The van der Waals surface area contributed by atoms with Crippen molar-refractivity contribution in [1.82, 2.24) is 20.2 Å². The molecule has 1 rings (SSSR count). The molecule has 9 heavy (non-hydrogen) atoms. The van der Waals surface area contributed by atoms with Crippen LogP contribution in [0.2, 0.25) is 0 Å². The summed E-state index contributed by atoms with van der Waals surface area (Å²) in [6.45, 7) is 0.573. The Bertz CT molecular complexity index is 195. The van der Waals surface area contributed by atoms with Gasteiger partial charge in [-0.15, -0.1) is 5.10 Å². The Balaban J connectivity index is 2.41. The SMILES string of the molecule is N#CCCn1cnnn1. The van der Waals surface area contributed by atoms with Crippen molar-refractivity contribution in [2.45, 2.75) is 13.0 Å². The molecule has 0 spiro atoms. The fraction of sp³-hybridized carbons (Fsp3) is 0.500. The number of aryl methyl sites for hydroxylation is 1. The zero-order valence-corrected chi connectivity index (χ0v) is 4.73. The molecule has 0 radical (unpaired) electrons. The number of rotatable bonds is 2. The average Bonchev–Trinajstić information content (AvgIpc) is 2.34. The van der Waals surface area contributed by atoms with E-state index in [1.165, 1.54) is 11.0 Å². The van der Waals surface area contributed by atoms with E-state index in [-0.39, 0.29) is 0 Å². The molecule has 5 heteroatoms. The highest BCUT2D eigenvalue weighted by Crippen LogP contribution is 1.80. The van der Waals surface area contributed by atoms with Gasteiger partial charge in [-0.2, -0.15) is 5.26 Å². The van der Waals surface area contributed by atoms with Crippen molar-refractivity contribution in [2.75, 3.05) is 0 Å². The minimum Gasteiger partial charge on any atom is -0.231 e. The molecule has 0 aliphatic carbocycles. The topological polar surface area (TPSA) is 67.4 Å². The molecular formula is C4H5N5. The molecule has 0 fully saturated rings. The third-order valence-electron chi connectivity index (χ3n) is 0.844. The molecule has 0 saturated heterocycles. The van der Waals surface area contributed by atoms with Crippen LogP contribution in [-0.2, 0) is 6.54 Å². The smallest absolute Gasteiger partial charge is 0.138 e. The van der Waals surface area contributed by atoms with Gasteiger partial charge in [0.15, 0.2) is 0 Å². The molecule has 0 saturated carbocycles. The van der Waals surface area contributed by atoms with Gasteiger partial charge in [-0.1, -0.05) is 0 Å². The van der Waals surface area contributed by atoms with Gasteiger partial charge in [-0.25, -0.2) is 4.68 Å². The maximum Gasteiger partial charge on any atom is 0.138 e. The summed E-state index contributed by atoms with van der Waals surface area (Å²) in [5.41, 5.74) is 0. The van der Waals surface area contributed by atoms with Gasteiger partial charge in [0, 0.05) is 0 Å². The van der Waals surface area contributed by atoms with Crippen LogP contribution in [0.4, 0.5) is 0 Å². The first kappa shape index (κ1) is 5.69. The van der Waals surface area contributed by atoms with Gasteiger partial charge in [0.25, 0.3) is 0 Å². The Hall–Kier alpha value is -1.44. The molecule has 46 valence electrons. The quantitative estimate of drug-likeness (QED) is 0.536. The maximum atomic E-state index is 8.13. The predicted octanol–water partition coefficient (Wildman–Crippen LogP) is -0.413. The van der Waals surface area contributed by atoms with Crippen LogP contribution in [0.3, 0.4) is 0 Å². The summed E-state index contributed by atoms with van der Waals surface area (Å²) in [5, 5.41) is 18.5. The normalized spacial score (nSPS) is 8.78. The van der Waals surface area contributed by atoms with Crippen LogP contribution in [0.1, 0.15) is 6.42 Å². The Morgan fingerprint density at radius 1 is 1.67 bits per heavy atom. The Labute approximate surface area is 51.9 Å². The van der Waals surface area contributed by atoms with Crippen molar-refractivity contribution in [3.63, 3.8) is 0 Å².